The van der Waals surface area contributed by atoms with Crippen molar-refractivity contribution in [2.75, 3.05) is 36.0 Å². The van der Waals surface area contributed by atoms with E-state index in [0.717, 1.165) is 66.2 Å². The Labute approximate surface area is 157 Å². The molecule has 0 spiro atoms. The predicted molar refractivity (Wildman–Crippen MR) is 105 cm³/mol. The molecule has 0 radical (unpaired) electrons. The van der Waals surface area contributed by atoms with Gasteiger partial charge in [0.2, 0.25) is 0 Å². The second-order valence-electron chi connectivity index (χ2n) is 7.16. The summed E-state index contributed by atoms with van der Waals surface area (Å²) >= 11 is 0. The van der Waals surface area contributed by atoms with Gasteiger partial charge in [0.15, 0.2) is 11.3 Å². The Bertz CT molecular complexity index is 1130. The number of hydrogen-bond acceptors (Lipinski definition) is 6. The lowest BCUT2D eigenvalue weighted by Gasteiger charge is -2.36. The van der Waals surface area contributed by atoms with Crippen LogP contribution in [-0.2, 0) is 0 Å². The van der Waals surface area contributed by atoms with Crippen molar-refractivity contribution in [2.45, 2.75) is 20.8 Å². The van der Waals surface area contributed by atoms with E-state index in [1.54, 1.807) is 0 Å². The third-order valence-corrected chi connectivity index (χ3v) is 5.01. The summed E-state index contributed by atoms with van der Waals surface area (Å²) in [7, 11) is 0. The van der Waals surface area contributed by atoms with Crippen LogP contribution in [0.4, 0.5) is 11.6 Å². The van der Waals surface area contributed by atoms with E-state index in [1.165, 1.54) is 0 Å². The number of nitrogens with zero attached hydrogens (tertiary/aromatic N) is 8. The lowest BCUT2D eigenvalue weighted by molar-refractivity contribution is 0.628. The van der Waals surface area contributed by atoms with Gasteiger partial charge in [0.25, 0.3) is 0 Å². The summed E-state index contributed by atoms with van der Waals surface area (Å²) in [4.78, 5) is 13.7. The monoisotopic (exact) mass is 362 g/mol. The second-order valence-corrected chi connectivity index (χ2v) is 7.16. The maximum absolute atomic E-state index is 4.72. The minimum atomic E-state index is 0.888. The molecule has 0 N–H and O–H groups in total. The average molecular weight is 362 g/mol. The highest BCUT2D eigenvalue weighted by molar-refractivity contribution is 5.53. The van der Waals surface area contributed by atoms with Crippen LogP contribution in [0.3, 0.4) is 0 Å². The zero-order valence-corrected chi connectivity index (χ0v) is 15.8. The number of aryl methyl sites for hydroxylation is 3. The first-order chi connectivity index (χ1) is 13.1. The number of aromatic nitrogens is 6. The zero-order chi connectivity index (χ0) is 18.5. The molecule has 5 rings (SSSR count). The fraction of sp³-hybridized carbons (Fsp3) is 0.368. The van der Waals surface area contributed by atoms with Gasteiger partial charge in [0.1, 0.15) is 11.6 Å². The van der Waals surface area contributed by atoms with E-state index in [-0.39, 0.29) is 0 Å². The molecule has 138 valence electrons. The van der Waals surface area contributed by atoms with Crippen LogP contribution in [0, 0.1) is 20.8 Å². The van der Waals surface area contributed by atoms with Crippen molar-refractivity contribution in [2.24, 2.45) is 0 Å². The van der Waals surface area contributed by atoms with E-state index in [2.05, 4.69) is 37.0 Å². The molecular weight excluding hydrogens is 340 g/mol. The fourth-order valence-corrected chi connectivity index (χ4v) is 3.74. The zero-order valence-electron chi connectivity index (χ0n) is 15.8. The Balaban J connectivity index is 1.39. The molecule has 8 nitrogen and oxygen atoms in total. The van der Waals surface area contributed by atoms with E-state index in [9.17, 15) is 0 Å². The summed E-state index contributed by atoms with van der Waals surface area (Å²) in [5.41, 5.74) is 4.78. The van der Waals surface area contributed by atoms with Crippen LogP contribution in [0.25, 0.3) is 11.3 Å². The molecule has 0 bridgehead atoms. The normalized spacial score (nSPS) is 15.2. The van der Waals surface area contributed by atoms with Gasteiger partial charge in [-0.05, 0) is 32.9 Å². The van der Waals surface area contributed by atoms with Gasteiger partial charge in [-0.2, -0.15) is 9.61 Å². The van der Waals surface area contributed by atoms with Crippen LogP contribution in [0.15, 0.2) is 30.5 Å². The summed E-state index contributed by atoms with van der Waals surface area (Å²) in [6, 6.07) is 8.24. The molecule has 1 fully saturated rings. The molecule has 0 saturated carbocycles. The van der Waals surface area contributed by atoms with Gasteiger partial charge in [0, 0.05) is 44.0 Å². The number of rotatable bonds is 2. The highest BCUT2D eigenvalue weighted by Gasteiger charge is 2.21. The lowest BCUT2D eigenvalue weighted by atomic mass is 10.3. The summed E-state index contributed by atoms with van der Waals surface area (Å²) in [6.07, 6.45) is 1.96. The molecule has 0 amide bonds. The topological polar surface area (TPSA) is 66.9 Å². The minimum absolute atomic E-state index is 0.888. The standard InChI is InChI=1S/C19H22N8/c1-13-11-19(27-18(20-13)10-14(2)22-27)25-8-6-24(7-9-25)17-5-4-16-21-15(3)12-26(16)23-17/h4-5,10-12H,6-9H2,1-3H3. The molecule has 0 aliphatic carbocycles. The first kappa shape index (κ1) is 16.0. The first-order valence-electron chi connectivity index (χ1n) is 9.24. The lowest BCUT2D eigenvalue weighted by Crippen LogP contribution is -2.47. The second kappa shape index (κ2) is 5.94. The van der Waals surface area contributed by atoms with E-state index in [4.69, 9.17) is 5.10 Å². The van der Waals surface area contributed by atoms with Gasteiger partial charge in [0.05, 0.1) is 17.6 Å². The van der Waals surface area contributed by atoms with Gasteiger partial charge in [-0.3, -0.25) is 0 Å². The van der Waals surface area contributed by atoms with Gasteiger partial charge < -0.3 is 9.80 Å². The predicted octanol–water partition coefficient (Wildman–Crippen LogP) is 2.02. The third kappa shape index (κ3) is 2.77. The van der Waals surface area contributed by atoms with E-state index in [0.29, 0.717) is 0 Å². The molecule has 1 aliphatic rings. The number of fused-ring (bicyclic) bond motifs is 2. The smallest absolute Gasteiger partial charge is 0.157 e. The number of hydrogen-bond donors (Lipinski definition) is 0. The van der Waals surface area contributed by atoms with Crippen molar-refractivity contribution >= 4 is 22.9 Å². The molecule has 0 atom stereocenters. The summed E-state index contributed by atoms with van der Waals surface area (Å²) in [5.74, 6) is 2.10. The highest BCUT2D eigenvalue weighted by Crippen LogP contribution is 2.21. The van der Waals surface area contributed by atoms with E-state index in [1.807, 2.05) is 48.1 Å². The van der Waals surface area contributed by atoms with Gasteiger partial charge >= 0.3 is 0 Å². The first-order valence-corrected chi connectivity index (χ1v) is 9.24. The molecule has 4 aromatic heterocycles. The van der Waals surface area contributed by atoms with Crippen LogP contribution in [0.5, 0.6) is 0 Å². The maximum Gasteiger partial charge on any atom is 0.157 e. The SMILES string of the molecule is Cc1cn2nc(N3CCN(c4cc(C)nc5cc(C)nn45)CC3)ccc2n1. The molecule has 0 aromatic carbocycles. The molecule has 0 unspecified atom stereocenters. The molecular formula is C19H22N8. The van der Waals surface area contributed by atoms with Crippen molar-refractivity contribution in [3.63, 3.8) is 0 Å². The van der Waals surface area contributed by atoms with Crippen molar-refractivity contribution in [1.82, 2.24) is 29.2 Å². The van der Waals surface area contributed by atoms with Crippen LogP contribution in [0.1, 0.15) is 17.1 Å². The van der Waals surface area contributed by atoms with Crippen molar-refractivity contribution < 1.29 is 0 Å². The Morgan fingerprint density at radius 1 is 0.741 bits per heavy atom. The summed E-state index contributed by atoms with van der Waals surface area (Å²) in [6.45, 7) is 9.69. The molecule has 27 heavy (non-hydrogen) atoms. The number of piperazine rings is 1. The molecule has 1 aliphatic heterocycles. The number of anilines is 2. The largest absolute Gasteiger partial charge is 0.353 e. The Kier molecular flexibility index (Phi) is 3.53. The van der Waals surface area contributed by atoms with Crippen molar-refractivity contribution in [1.29, 1.82) is 0 Å². The Morgan fingerprint density at radius 2 is 1.48 bits per heavy atom. The fourth-order valence-electron chi connectivity index (χ4n) is 3.74. The number of imidazole rings is 1. The molecule has 5 heterocycles. The maximum atomic E-state index is 4.72. The quantitative estimate of drug-likeness (QED) is 0.544. The van der Waals surface area contributed by atoms with Crippen LogP contribution in [-0.4, -0.2) is 55.4 Å². The van der Waals surface area contributed by atoms with Gasteiger partial charge in [-0.15, -0.1) is 5.10 Å². The Morgan fingerprint density at radius 3 is 2.30 bits per heavy atom. The summed E-state index contributed by atoms with van der Waals surface area (Å²) < 4.78 is 3.82. The summed E-state index contributed by atoms with van der Waals surface area (Å²) in [5, 5.41) is 9.34. The van der Waals surface area contributed by atoms with Crippen LogP contribution in [0.2, 0.25) is 0 Å². The highest BCUT2D eigenvalue weighted by atomic mass is 15.4. The molecule has 4 aromatic rings. The van der Waals surface area contributed by atoms with E-state index >= 15 is 0 Å². The van der Waals surface area contributed by atoms with Crippen molar-refractivity contribution in [3.8, 4) is 0 Å². The van der Waals surface area contributed by atoms with Crippen LogP contribution < -0.4 is 9.80 Å². The average Bonchev–Trinajstić information content (AvgIpc) is 3.21. The third-order valence-electron chi connectivity index (χ3n) is 5.01. The molecule has 8 heteroatoms. The van der Waals surface area contributed by atoms with Crippen molar-refractivity contribution in [3.05, 3.63) is 47.5 Å². The van der Waals surface area contributed by atoms with E-state index < -0.39 is 0 Å². The Hall–Kier alpha value is -3.16. The van der Waals surface area contributed by atoms with Gasteiger partial charge in [-0.25, -0.2) is 14.5 Å². The van der Waals surface area contributed by atoms with Crippen LogP contribution >= 0.6 is 0 Å². The van der Waals surface area contributed by atoms with Gasteiger partial charge in [-0.1, -0.05) is 0 Å². The minimum Gasteiger partial charge on any atom is -0.353 e. The molecule has 1 saturated heterocycles.